The molecular weight excluding hydrogens is 440 g/mol. The molecule has 0 saturated heterocycles. The number of hydrogen-bond donors (Lipinski definition) is 2. The Morgan fingerprint density at radius 1 is 1.00 bits per heavy atom. The molecule has 0 radical (unpaired) electrons. The lowest BCUT2D eigenvalue weighted by molar-refractivity contribution is -0.131. The minimum atomic E-state index is -0.0815. The summed E-state index contributed by atoms with van der Waals surface area (Å²) in [4.78, 5) is 37.4. The van der Waals surface area contributed by atoms with Crippen molar-refractivity contribution in [2.24, 2.45) is 0 Å². The molecule has 186 valence electrons. The van der Waals surface area contributed by atoms with Crippen LogP contribution in [-0.2, 0) is 29.2 Å². The van der Waals surface area contributed by atoms with Crippen LogP contribution in [0.5, 0.6) is 0 Å². The highest BCUT2D eigenvalue weighted by molar-refractivity contribution is 5.92. The van der Waals surface area contributed by atoms with Gasteiger partial charge in [0.15, 0.2) is 0 Å². The van der Waals surface area contributed by atoms with Gasteiger partial charge in [-0.25, -0.2) is 4.98 Å². The van der Waals surface area contributed by atoms with E-state index in [0.717, 1.165) is 71.3 Å². The Bertz CT molecular complexity index is 1190. The highest BCUT2D eigenvalue weighted by Gasteiger charge is 2.21. The van der Waals surface area contributed by atoms with Crippen LogP contribution in [0.25, 0.3) is 11.0 Å². The lowest BCUT2D eigenvalue weighted by Gasteiger charge is -2.29. The van der Waals surface area contributed by atoms with Gasteiger partial charge in [0.05, 0.1) is 17.6 Å². The molecule has 2 heterocycles. The number of aliphatic hydroxyl groups is 1. The molecule has 7 nitrogen and oxygen atoms in total. The van der Waals surface area contributed by atoms with Gasteiger partial charge in [-0.2, -0.15) is 0 Å². The fraction of sp³-hybridized carbons (Fsp3) is 0.464. The third kappa shape index (κ3) is 6.28. The number of aromatic amines is 1. The number of benzene rings is 2. The quantitative estimate of drug-likeness (QED) is 0.574. The third-order valence-electron chi connectivity index (χ3n) is 6.82. The predicted molar refractivity (Wildman–Crippen MR) is 138 cm³/mol. The molecular formula is C28H36N4O3. The molecule has 2 N–H and O–H groups in total. The van der Waals surface area contributed by atoms with E-state index in [4.69, 9.17) is 0 Å². The molecule has 1 aliphatic heterocycles. The summed E-state index contributed by atoms with van der Waals surface area (Å²) in [6.07, 6.45) is 6.26. The summed E-state index contributed by atoms with van der Waals surface area (Å²) in [5, 5.41) is 9.68. The number of carbonyl (C=O) groups excluding carboxylic acids is 2. The van der Waals surface area contributed by atoms with Crippen LogP contribution in [0.4, 0.5) is 5.69 Å². The van der Waals surface area contributed by atoms with Crippen molar-refractivity contribution < 1.29 is 14.7 Å². The number of carbonyl (C=O) groups is 2. The van der Waals surface area contributed by atoms with Crippen molar-refractivity contribution in [2.75, 3.05) is 18.0 Å². The van der Waals surface area contributed by atoms with Crippen LogP contribution < -0.4 is 4.90 Å². The minimum Gasteiger partial charge on any atom is -0.392 e. The Hall–Kier alpha value is -3.19. The fourth-order valence-corrected chi connectivity index (χ4v) is 4.89. The van der Waals surface area contributed by atoms with Gasteiger partial charge in [-0.05, 0) is 61.1 Å². The monoisotopic (exact) mass is 476 g/mol. The molecule has 0 unspecified atom stereocenters. The lowest BCUT2D eigenvalue weighted by atomic mass is 10.0. The van der Waals surface area contributed by atoms with Gasteiger partial charge in [0.25, 0.3) is 0 Å². The SMILES string of the molecule is CC(=O)N1CCCCCCCN(C(=O)CCc2ccc3nc(C)[nH]c3c2)Cc2ccc(CO)cc21. The van der Waals surface area contributed by atoms with E-state index in [9.17, 15) is 14.7 Å². The first-order valence-electron chi connectivity index (χ1n) is 12.7. The van der Waals surface area contributed by atoms with E-state index in [1.165, 1.54) is 0 Å². The molecule has 0 aliphatic carbocycles. The van der Waals surface area contributed by atoms with Gasteiger partial charge in [-0.15, -0.1) is 0 Å². The summed E-state index contributed by atoms with van der Waals surface area (Å²) in [6.45, 7) is 5.26. The van der Waals surface area contributed by atoms with Crippen molar-refractivity contribution in [2.45, 2.75) is 71.9 Å². The third-order valence-corrected chi connectivity index (χ3v) is 6.82. The number of nitrogens with one attached hydrogen (secondary N) is 1. The molecule has 0 bridgehead atoms. The Balaban J connectivity index is 1.55. The first-order chi connectivity index (χ1) is 16.9. The average molecular weight is 477 g/mol. The summed E-state index contributed by atoms with van der Waals surface area (Å²) in [6, 6.07) is 11.9. The van der Waals surface area contributed by atoms with Gasteiger partial charge in [-0.1, -0.05) is 37.5 Å². The minimum absolute atomic E-state index is 0.0132. The van der Waals surface area contributed by atoms with Crippen LogP contribution in [0.15, 0.2) is 36.4 Å². The van der Waals surface area contributed by atoms with Crippen molar-refractivity contribution in [3.63, 3.8) is 0 Å². The van der Waals surface area contributed by atoms with E-state index in [1.54, 1.807) is 11.8 Å². The first-order valence-corrected chi connectivity index (χ1v) is 12.7. The number of nitrogens with zero attached hydrogens (tertiary/aromatic N) is 3. The second-order valence-corrected chi connectivity index (χ2v) is 9.55. The Morgan fingerprint density at radius 2 is 1.74 bits per heavy atom. The van der Waals surface area contributed by atoms with Gasteiger partial charge < -0.3 is 19.9 Å². The van der Waals surface area contributed by atoms with Crippen molar-refractivity contribution in [1.82, 2.24) is 14.9 Å². The number of imidazole rings is 1. The van der Waals surface area contributed by atoms with Crippen molar-refractivity contribution in [3.05, 3.63) is 58.9 Å². The van der Waals surface area contributed by atoms with Crippen LogP contribution in [0.2, 0.25) is 0 Å². The molecule has 0 saturated carbocycles. The molecule has 1 aliphatic rings. The van der Waals surface area contributed by atoms with Crippen LogP contribution in [0, 0.1) is 6.92 Å². The fourth-order valence-electron chi connectivity index (χ4n) is 4.89. The molecule has 3 aromatic rings. The van der Waals surface area contributed by atoms with Crippen LogP contribution in [-0.4, -0.2) is 44.9 Å². The molecule has 35 heavy (non-hydrogen) atoms. The number of hydrogen-bond acceptors (Lipinski definition) is 4. The molecule has 0 fully saturated rings. The Labute approximate surface area is 207 Å². The molecule has 0 spiro atoms. The zero-order chi connectivity index (χ0) is 24.8. The number of H-pyrrole nitrogens is 1. The van der Waals surface area contributed by atoms with E-state index < -0.39 is 0 Å². The average Bonchev–Trinajstić information content (AvgIpc) is 3.21. The smallest absolute Gasteiger partial charge is 0.223 e. The molecule has 1 aromatic heterocycles. The summed E-state index contributed by atoms with van der Waals surface area (Å²) >= 11 is 0. The Morgan fingerprint density at radius 3 is 2.51 bits per heavy atom. The molecule has 4 rings (SSSR count). The number of aryl methyl sites for hydroxylation is 2. The summed E-state index contributed by atoms with van der Waals surface area (Å²) < 4.78 is 0. The standard InChI is InChI=1S/C28H36N4O3/c1-20-29-25-12-9-22(16-26(25)30-20)10-13-28(35)31-14-6-4-3-5-7-15-32(21(2)34)27-17-23(19-33)8-11-24(27)18-31/h8-9,11-12,16-17,33H,3-7,10,13-15,18-19H2,1-2H3,(H,29,30). The number of fused-ring (bicyclic) bond motifs is 2. The first kappa shape index (κ1) is 24.9. The number of amides is 2. The van der Waals surface area contributed by atoms with E-state index >= 15 is 0 Å². The van der Waals surface area contributed by atoms with Gasteiger partial charge >= 0.3 is 0 Å². The highest BCUT2D eigenvalue weighted by atomic mass is 16.3. The predicted octanol–water partition coefficient (Wildman–Crippen LogP) is 4.64. The van der Waals surface area contributed by atoms with Crippen molar-refractivity contribution >= 4 is 28.5 Å². The second kappa shape index (κ2) is 11.5. The van der Waals surface area contributed by atoms with Crippen LogP contribution in [0.1, 0.15) is 68.0 Å². The van der Waals surface area contributed by atoms with Gasteiger partial charge in [0, 0.05) is 38.7 Å². The second-order valence-electron chi connectivity index (χ2n) is 9.55. The maximum atomic E-state index is 13.4. The number of anilines is 1. The topological polar surface area (TPSA) is 89.5 Å². The van der Waals surface area contributed by atoms with Crippen molar-refractivity contribution in [1.29, 1.82) is 0 Å². The van der Waals surface area contributed by atoms with E-state index in [0.29, 0.717) is 32.5 Å². The maximum Gasteiger partial charge on any atom is 0.223 e. The highest BCUT2D eigenvalue weighted by Crippen LogP contribution is 2.27. The normalized spacial score (nSPS) is 15.4. The number of rotatable bonds is 4. The van der Waals surface area contributed by atoms with Crippen LogP contribution >= 0.6 is 0 Å². The summed E-state index contributed by atoms with van der Waals surface area (Å²) in [5.74, 6) is 0.991. The summed E-state index contributed by atoms with van der Waals surface area (Å²) in [7, 11) is 0. The Kier molecular flexibility index (Phi) is 8.18. The van der Waals surface area contributed by atoms with Gasteiger partial charge in [0.2, 0.25) is 11.8 Å². The number of aromatic nitrogens is 2. The molecule has 2 amide bonds. The maximum absolute atomic E-state index is 13.4. The van der Waals surface area contributed by atoms with Crippen molar-refractivity contribution in [3.8, 4) is 0 Å². The van der Waals surface area contributed by atoms with E-state index in [2.05, 4.69) is 16.0 Å². The largest absolute Gasteiger partial charge is 0.392 e. The van der Waals surface area contributed by atoms with E-state index in [-0.39, 0.29) is 18.4 Å². The zero-order valence-electron chi connectivity index (χ0n) is 20.8. The van der Waals surface area contributed by atoms with Crippen LogP contribution in [0.3, 0.4) is 0 Å². The molecule has 7 heteroatoms. The van der Waals surface area contributed by atoms with E-state index in [1.807, 2.05) is 42.2 Å². The molecule has 0 atom stereocenters. The van der Waals surface area contributed by atoms with Gasteiger partial charge in [0.1, 0.15) is 5.82 Å². The van der Waals surface area contributed by atoms with Gasteiger partial charge in [-0.3, -0.25) is 9.59 Å². The number of aliphatic hydroxyl groups excluding tert-OH is 1. The zero-order valence-corrected chi connectivity index (χ0v) is 20.8. The summed E-state index contributed by atoms with van der Waals surface area (Å²) in [5.41, 5.74) is 5.57. The molecule has 2 aromatic carbocycles. The lowest BCUT2D eigenvalue weighted by Crippen LogP contribution is -2.35.